The van der Waals surface area contributed by atoms with Gasteiger partial charge in [-0.2, -0.15) is 0 Å². The summed E-state index contributed by atoms with van der Waals surface area (Å²) in [6.45, 7) is 2.92. The first-order valence-electron chi connectivity index (χ1n) is 5.89. The van der Waals surface area contributed by atoms with Crippen LogP contribution in [0, 0.1) is 0 Å². The highest BCUT2D eigenvalue weighted by Crippen LogP contribution is 2.22. The summed E-state index contributed by atoms with van der Waals surface area (Å²) in [5, 5.41) is 4.26. The third kappa shape index (κ3) is 3.58. The van der Waals surface area contributed by atoms with Crippen LogP contribution in [-0.2, 0) is 6.54 Å². The largest absolute Gasteiger partial charge is 0.306 e. The summed E-state index contributed by atoms with van der Waals surface area (Å²) in [5.41, 5.74) is 2.40. The summed E-state index contributed by atoms with van der Waals surface area (Å²) >= 11 is 9.60. The predicted octanol–water partition coefficient (Wildman–Crippen LogP) is 4.95. The molecule has 0 heterocycles. The van der Waals surface area contributed by atoms with Crippen LogP contribution in [0.15, 0.2) is 53.0 Å². The lowest BCUT2D eigenvalue weighted by molar-refractivity contribution is 0.575. The van der Waals surface area contributed by atoms with Crippen molar-refractivity contribution in [3.8, 4) is 0 Å². The van der Waals surface area contributed by atoms with Gasteiger partial charge in [0.15, 0.2) is 0 Å². The van der Waals surface area contributed by atoms with Crippen LogP contribution in [-0.4, -0.2) is 0 Å². The van der Waals surface area contributed by atoms with Crippen molar-refractivity contribution in [2.24, 2.45) is 0 Å². The number of benzene rings is 2. The molecule has 3 heteroatoms. The Morgan fingerprint density at radius 2 is 1.89 bits per heavy atom. The zero-order chi connectivity index (χ0) is 13.0. The summed E-state index contributed by atoms with van der Waals surface area (Å²) in [4.78, 5) is 0. The van der Waals surface area contributed by atoms with Crippen molar-refractivity contribution in [1.82, 2.24) is 5.32 Å². The van der Waals surface area contributed by atoms with Gasteiger partial charge in [-0.15, -0.1) is 0 Å². The summed E-state index contributed by atoms with van der Waals surface area (Å²) < 4.78 is 1.01. The molecule has 1 atom stereocenters. The maximum Gasteiger partial charge on any atom is 0.0462 e. The van der Waals surface area contributed by atoms with Crippen LogP contribution < -0.4 is 5.32 Å². The molecule has 2 rings (SSSR count). The van der Waals surface area contributed by atoms with Gasteiger partial charge >= 0.3 is 0 Å². The molecule has 0 amide bonds. The summed E-state index contributed by atoms with van der Waals surface area (Å²) in [6, 6.07) is 16.7. The van der Waals surface area contributed by atoms with Crippen LogP contribution >= 0.6 is 27.5 Å². The van der Waals surface area contributed by atoms with Crippen LogP contribution in [0.4, 0.5) is 0 Å². The molecule has 0 bridgehead atoms. The average Bonchev–Trinajstić information content (AvgIpc) is 2.38. The lowest BCUT2D eigenvalue weighted by Crippen LogP contribution is -2.18. The second-order valence-corrected chi connectivity index (χ2v) is 5.57. The standard InChI is InChI=1S/C15H15BrClN/c1-11(12-5-3-2-4-6-12)18-10-13-7-8-14(16)9-15(13)17/h2-9,11,18H,10H2,1H3. The quantitative estimate of drug-likeness (QED) is 0.838. The second-order valence-electron chi connectivity index (χ2n) is 4.25. The third-order valence-corrected chi connectivity index (χ3v) is 3.76. The van der Waals surface area contributed by atoms with Crippen molar-refractivity contribution >= 4 is 27.5 Å². The van der Waals surface area contributed by atoms with E-state index in [-0.39, 0.29) is 0 Å². The lowest BCUT2D eigenvalue weighted by atomic mass is 10.1. The van der Waals surface area contributed by atoms with Crippen LogP contribution in [0.25, 0.3) is 0 Å². The van der Waals surface area contributed by atoms with Gasteiger partial charge in [0.1, 0.15) is 0 Å². The molecule has 0 radical (unpaired) electrons. The normalized spacial score (nSPS) is 12.4. The third-order valence-electron chi connectivity index (χ3n) is 2.91. The van der Waals surface area contributed by atoms with Crippen molar-refractivity contribution in [2.75, 3.05) is 0 Å². The first kappa shape index (κ1) is 13.6. The minimum Gasteiger partial charge on any atom is -0.306 e. The highest BCUT2D eigenvalue weighted by Gasteiger charge is 2.06. The molecule has 1 N–H and O–H groups in total. The number of nitrogens with one attached hydrogen (secondary N) is 1. The highest BCUT2D eigenvalue weighted by molar-refractivity contribution is 9.10. The smallest absolute Gasteiger partial charge is 0.0462 e. The van der Waals surface area contributed by atoms with E-state index in [0.29, 0.717) is 6.04 Å². The summed E-state index contributed by atoms with van der Waals surface area (Å²) in [7, 11) is 0. The van der Waals surface area contributed by atoms with Crippen molar-refractivity contribution < 1.29 is 0 Å². The lowest BCUT2D eigenvalue weighted by Gasteiger charge is -2.15. The number of halogens is 2. The first-order chi connectivity index (χ1) is 8.66. The van der Waals surface area contributed by atoms with Gasteiger partial charge in [-0.05, 0) is 30.2 Å². The molecule has 1 unspecified atom stereocenters. The van der Waals surface area contributed by atoms with Gasteiger partial charge in [-0.1, -0.05) is 63.9 Å². The Bertz CT molecular complexity index is 513. The minimum atomic E-state index is 0.311. The number of hydrogen-bond acceptors (Lipinski definition) is 1. The van der Waals surface area contributed by atoms with Gasteiger partial charge in [0.2, 0.25) is 0 Å². The van der Waals surface area contributed by atoms with E-state index in [0.717, 1.165) is 21.6 Å². The highest BCUT2D eigenvalue weighted by atomic mass is 79.9. The van der Waals surface area contributed by atoms with Crippen LogP contribution in [0.2, 0.25) is 5.02 Å². The average molecular weight is 325 g/mol. The van der Waals surface area contributed by atoms with Gasteiger partial charge in [-0.25, -0.2) is 0 Å². The fourth-order valence-corrected chi connectivity index (χ4v) is 2.53. The van der Waals surface area contributed by atoms with Crippen LogP contribution in [0.1, 0.15) is 24.1 Å². The summed E-state index contributed by atoms with van der Waals surface area (Å²) in [5.74, 6) is 0. The van der Waals surface area contributed by atoms with E-state index in [2.05, 4.69) is 52.4 Å². The van der Waals surface area contributed by atoms with E-state index in [4.69, 9.17) is 11.6 Å². The fraction of sp³-hybridized carbons (Fsp3) is 0.200. The maximum atomic E-state index is 6.19. The Morgan fingerprint density at radius 1 is 1.17 bits per heavy atom. The summed E-state index contributed by atoms with van der Waals surface area (Å²) in [6.07, 6.45) is 0. The Kier molecular flexibility index (Phi) is 4.81. The van der Waals surface area contributed by atoms with E-state index in [1.54, 1.807) is 0 Å². The molecule has 18 heavy (non-hydrogen) atoms. The number of rotatable bonds is 4. The molecule has 1 nitrogen and oxygen atoms in total. The molecule has 94 valence electrons. The Morgan fingerprint density at radius 3 is 2.56 bits per heavy atom. The molecule has 0 aliphatic rings. The topological polar surface area (TPSA) is 12.0 Å². The molecule has 0 saturated heterocycles. The Labute approximate surface area is 121 Å². The van der Waals surface area contributed by atoms with Crippen molar-refractivity contribution in [2.45, 2.75) is 19.5 Å². The molecular formula is C15H15BrClN. The van der Waals surface area contributed by atoms with Crippen molar-refractivity contribution in [1.29, 1.82) is 0 Å². The van der Waals surface area contributed by atoms with E-state index < -0.39 is 0 Å². The van der Waals surface area contributed by atoms with Crippen LogP contribution in [0.3, 0.4) is 0 Å². The minimum absolute atomic E-state index is 0.311. The second kappa shape index (κ2) is 6.37. The Hall–Kier alpha value is -0.830. The molecule has 0 aromatic heterocycles. The van der Waals surface area contributed by atoms with Gasteiger partial charge < -0.3 is 5.32 Å². The van der Waals surface area contributed by atoms with Gasteiger partial charge in [0.05, 0.1) is 0 Å². The van der Waals surface area contributed by atoms with Crippen molar-refractivity contribution in [3.63, 3.8) is 0 Å². The van der Waals surface area contributed by atoms with E-state index in [1.807, 2.05) is 24.3 Å². The maximum absolute atomic E-state index is 6.19. The van der Waals surface area contributed by atoms with Gasteiger partial charge in [-0.3, -0.25) is 0 Å². The van der Waals surface area contributed by atoms with Crippen molar-refractivity contribution in [3.05, 3.63) is 69.2 Å². The zero-order valence-electron chi connectivity index (χ0n) is 10.2. The molecule has 2 aromatic rings. The molecule has 0 spiro atoms. The van der Waals surface area contributed by atoms with E-state index >= 15 is 0 Å². The zero-order valence-corrected chi connectivity index (χ0v) is 12.5. The molecule has 0 aliphatic carbocycles. The van der Waals surface area contributed by atoms with Gasteiger partial charge in [0, 0.05) is 22.1 Å². The van der Waals surface area contributed by atoms with E-state index in [9.17, 15) is 0 Å². The van der Waals surface area contributed by atoms with Gasteiger partial charge in [0.25, 0.3) is 0 Å². The Balaban J connectivity index is 1.99. The predicted molar refractivity (Wildman–Crippen MR) is 80.8 cm³/mol. The molecular weight excluding hydrogens is 310 g/mol. The fourth-order valence-electron chi connectivity index (χ4n) is 1.79. The number of hydrogen-bond donors (Lipinski definition) is 1. The molecule has 0 aliphatic heterocycles. The first-order valence-corrected chi connectivity index (χ1v) is 7.06. The SMILES string of the molecule is CC(NCc1ccc(Br)cc1Cl)c1ccccc1. The van der Waals surface area contributed by atoms with Crippen LogP contribution in [0.5, 0.6) is 0 Å². The van der Waals surface area contributed by atoms with E-state index in [1.165, 1.54) is 5.56 Å². The molecule has 0 fully saturated rings. The molecule has 2 aromatic carbocycles. The molecule has 0 saturated carbocycles. The monoisotopic (exact) mass is 323 g/mol.